The van der Waals surface area contributed by atoms with Gasteiger partial charge in [-0.15, -0.1) is 0 Å². The van der Waals surface area contributed by atoms with Gasteiger partial charge in [0.1, 0.15) is 0 Å². The quantitative estimate of drug-likeness (QED) is 0.444. The number of hydrogen-bond acceptors (Lipinski definition) is 2. The van der Waals surface area contributed by atoms with Gasteiger partial charge in [0, 0.05) is 6.10 Å². The van der Waals surface area contributed by atoms with Crippen LogP contribution < -0.4 is 0 Å². The first-order valence-corrected chi connectivity index (χ1v) is 16.6. The van der Waals surface area contributed by atoms with Crippen LogP contribution in [0.25, 0.3) is 0 Å². The van der Waals surface area contributed by atoms with Gasteiger partial charge in [-0.3, -0.25) is 0 Å². The zero-order valence-electron chi connectivity index (χ0n) is 22.0. The first-order chi connectivity index (χ1) is 14.3. The molecule has 31 heavy (non-hydrogen) atoms. The van der Waals surface area contributed by atoms with Crippen LogP contribution in [-0.4, -0.2) is 25.6 Å². The van der Waals surface area contributed by atoms with Gasteiger partial charge in [-0.1, -0.05) is 41.5 Å². The fraction of sp³-hybridized carbons (Fsp3) is 1.00. The fourth-order valence-corrected chi connectivity index (χ4v) is 10.3. The molecule has 0 aromatic heterocycles. The maximum atomic E-state index is 10.8. The first kappa shape index (κ1) is 24.3. The molecular weight excluding hydrogens is 396 g/mol. The number of rotatable bonds is 4. The summed E-state index contributed by atoms with van der Waals surface area (Å²) < 4.78 is 6.92. The average molecular weight is 449 g/mol. The van der Waals surface area contributed by atoms with Crippen LogP contribution in [0.2, 0.25) is 18.1 Å². The third kappa shape index (κ3) is 3.91. The molecule has 0 aromatic rings. The van der Waals surface area contributed by atoms with Crippen LogP contribution in [0.5, 0.6) is 0 Å². The summed E-state index contributed by atoms with van der Waals surface area (Å²) in [4.78, 5) is 0. The van der Waals surface area contributed by atoms with Gasteiger partial charge in [0.15, 0.2) is 8.32 Å². The van der Waals surface area contributed by atoms with E-state index in [1.165, 1.54) is 57.8 Å². The van der Waals surface area contributed by atoms with Crippen molar-refractivity contribution in [3.8, 4) is 0 Å². The molecule has 0 unspecified atom stereocenters. The lowest BCUT2D eigenvalue weighted by Gasteiger charge is -2.61. The summed E-state index contributed by atoms with van der Waals surface area (Å²) in [5, 5.41) is 11.1. The molecule has 9 atom stereocenters. The van der Waals surface area contributed by atoms with Gasteiger partial charge < -0.3 is 9.53 Å². The van der Waals surface area contributed by atoms with Crippen LogP contribution in [0.4, 0.5) is 0 Å². The van der Waals surface area contributed by atoms with Gasteiger partial charge in [0.05, 0.1) is 6.10 Å². The van der Waals surface area contributed by atoms with E-state index in [0.717, 1.165) is 30.1 Å². The van der Waals surface area contributed by atoms with E-state index in [0.29, 0.717) is 27.9 Å². The van der Waals surface area contributed by atoms with Crippen LogP contribution >= 0.6 is 0 Å². The monoisotopic (exact) mass is 448 g/mol. The maximum absolute atomic E-state index is 10.8. The normalized spacial score (nSPS) is 46.7. The topological polar surface area (TPSA) is 29.5 Å². The highest BCUT2D eigenvalue weighted by atomic mass is 28.4. The largest absolute Gasteiger partial charge is 0.414 e. The van der Waals surface area contributed by atoms with Crippen molar-refractivity contribution < 1.29 is 9.53 Å². The van der Waals surface area contributed by atoms with E-state index < -0.39 is 8.32 Å². The molecule has 4 aliphatic rings. The molecule has 4 aliphatic carbocycles. The van der Waals surface area contributed by atoms with Crippen molar-refractivity contribution in [2.75, 3.05) is 0 Å². The molecule has 0 aliphatic heterocycles. The molecule has 4 saturated carbocycles. The van der Waals surface area contributed by atoms with Crippen LogP contribution in [0.1, 0.15) is 106 Å². The summed E-state index contributed by atoms with van der Waals surface area (Å²) in [5.41, 5.74) is 0.918. The summed E-state index contributed by atoms with van der Waals surface area (Å²) in [7, 11) is -1.68. The zero-order chi connectivity index (χ0) is 22.8. The van der Waals surface area contributed by atoms with Crippen molar-refractivity contribution in [2.45, 2.75) is 136 Å². The molecule has 0 amide bonds. The van der Waals surface area contributed by atoms with E-state index >= 15 is 0 Å². The molecule has 0 aromatic carbocycles. The second kappa shape index (κ2) is 8.12. The predicted octanol–water partition coefficient (Wildman–Crippen LogP) is 7.81. The molecule has 4 fully saturated rings. The Bertz CT molecular complexity index is 654. The molecule has 2 nitrogen and oxygen atoms in total. The van der Waals surface area contributed by atoms with E-state index in [-0.39, 0.29) is 6.10 Å². The lowest BCUT2D eigenvalue weighted by Crippen LogP contribution is -2.55. The summed E-state index contributed by atoms with van der Waals surface area (Å²) in [6, 6.07) is 0. The van der Waals surface area contributed by atoms with Gasteiger partial charge in [-0.2, -0.15) is 0 Å². The third-order valence-electron chi connectivity index (χ3n) is 11.8. The Labute approximate surface area is 194 Å². The molecule has 0 saturated heterocycles. The van der Waals surface area contributed by atoms with Crippen LogP contribution in [0.15, 0.2) is 0 Å². The molecule has 0 spiro atoms. The van der Waals surface area contributed by atoms with Crippen molar-refractivity contribution in [3.63, 3.8) is 0 Å². The van der Waals surface area contributed by atoms with E-state index in [1.54, 1.807) is 0 Å². The number of fused-ring (bicyclic) bond motifs is 5. The molecule has 3 heteroatoms. The molecule has 4 rings (SSSR count). The zero-order valence-corrected chi connectivity index (χ0v) is 23.0. The summed E-state index contributed by atoms with van der Waals surface area (Å²) in [6.45, 7) is 19.4. The van der Waals surface area contributed by atoms with Gasteiger partial charge in [-0.05, 0) is 123 Å². The minimum Gasteiger partial charge on any atom is -0.414 e. The standard InChI is InChI=1S/C28H52O2Si/c1-9-25(29)24-13-12-22-21-11-10-19-18-20(30-31(7,8)26(2,3)4)14-16-27(19,5)23(21)15-17-28(22,24)6/h19-25,29H,9-18H2,1-8H3/t19-,20+,21-,22-,23-,24+,25-,27-,28-/m0/s1. The highest BCUT2D eigenvalue weighted by Gasteiger charge is 2.61. The number of aliphatic hydroxyl groups is 1. The highest BCUT2D eigenvalue weighted by molar-refractivity contribution is 6.74. The van der Waals surface area contributed by atoms with E-state index in [1.807, 2.05) is 0 Å². The Morgan fingerprint density at radius 1 is 0.935 bits per heavy atom. The van der Waals surface area contributed by atoms with Crippen LogP contribution in [-0.2, 0) is 4.43 Å². The van der Waals surface area contributed by atoms with Crippen molar-refractivity contribution >= 4 is 8.32 Å². The summed E-state index contributed by atoms with van der Waals surface area (Å²) >= 11 is 0. The second-order valence-electron chi connectivity index (χ2n) is 14.1. The Balaban J connectivity index is 1.47. The van der Waals surface area contributed by atoms with Gasteiger partial charge >= 0.3 is 0 Å². The predicted molar refractivity (Wildman–Crippen MR) is 134 cm³/mol. The van der Waals surface area contributed by atoms with Crippen molar-refractivity contribution in [1.29, 1.82) is 0 Å². The molecule has 1 N–H and O–H groups in total. The Kier molecular flexibility index (Phi) is 6.36. The Morgan fingerprint density at radius 2 is 1.58 bits per heavy atom. The van der Waals surface area contributed by atoms with E-state index in [4.69, 9.17) is 4.43 Å². The first-order valence-electron chi connectivity index (χ1n) is 13.7. The average Bonchev–Trinajstić information content (AvgIpc) is 3.04. The summed E-state index contributed by atoms with van der Waals surface area (Å²) in [6.07, 6.45) is 13.6. The van der Waals surface area contributed by atoms with Gasteiger partial charge in [-0.25, -0.2) is 0 Å². The van der Waals surface area contributed by atoms with Crippen molar-refractivity contribution in [1.82, 2.24) is 0 Å². The third-order valence-corrected chi connectivity index (χ3v) is 16.4. The maximum Gasteiger partial charge on any atom is 0.192 e. The molecular formula is C28H52O2Si. The lowest BCUT2D eigenvalue weighted by molar-refractivity contribution is -0.131. The molecule has 180 valence electrons. The van der Waals surface area contributed by atoms with Gasteiger partial charge in [0.2, 0.25) is 0 Å². The Hall–Kier alpha value is 0.137. The van der Waals surface area contributed by atoms with E-state index in [2.05, 4.69) is 54.6 Å². The van der Waals surface area contributed by atoms with Crippen LogP contribution in [0.3, 0.4) is 0 Å². The lowest BCUT2D eigenvalue weighted by atomic mass is 9.44. The molecule has 0 radical (unpaired) electrons. The molecule has 0 heterocycles. The minimum absolute atomic E-state index is 0.0820. The summed E-state index contributed by atoms with van der Waals surface area (Å²) in [5.74, 6) is 4.08. The van der Waals surface area contributed by atoms with Crippen molar-refractivity contribution in [2.24, 2.45) is 40.4 Å². The highest BCUT2D eigenvalue weighted by Crippen LogP contribution is 2.68. The van der Waals surface area contributed by atoms with E-state index in [9.17, 15) is 5.11 Å². The fourth-order valence-electron chi connectivity index (χ4n) is 8.88. The van der Waals surface area contributed by atoms with Crippen molar-refractivity contribution in [3.05, 3.63) is 0 Å². The SMILES string of the molecule is CC[C@H](O)[C@H]1CC[C@H]2[C@@H]3CC[C@H]4C[C@H](O[Si](C)(C)C(C)(C)C)CC[C@]4(C)[C@H]3CC[C@]12C. The minimum atomic E-state index is -1.68. The number of hydrogen-bond donors (Lipinski definition) is 1. The van der Waals surface area contributed by atoms with Crippen LogP contribution in [0, 0.1) is 40.4 Å². The van der Waals surface area contributed by atoms with Gasteiger partial charge in [0.25, 0.3) is 0 Å². The number of aliphatic hydroxyl groups excluding tert-OH is 1. The smallest absolute Gasteiger partial charge is 0.192 e. The molecule has 0 bridgehead atoms. The Morgan fingerprint density at radius 3 is 2.23 bits per heavy atom. The second-order valence-corrected chi connectivity index (χ2v) is 18.9.